The number of hydrogen-bond acceptors (Lipinski definition) is 2. The molecule has 0 aliphatic rings. The molecule has 6 heteroatoms. The summed E-state index contributed by atoms with van der Waals surface area (Å²) in [7, 11) is 0. The SMILES string of the molecule is O=C(O)Cn1ccc(-c2cc(F)cc(Cl)c2)cc1=O. The van der Waals surface area contributed by atoms with Crippen LogP contribution in [0.1, 0.15) is 0 Å². The number of halogens is 2. The summed E-state index contributed by atoms with van der Waals surface area (Å²) < 4.78 is 14.3. The van der Waals surface area contributed by atoms with Crippen molar-refractivity contribution < 1.29 is 14.3 Å². The molecule has 0 atom stereocenters. The number of aliphatic carboxylic acids is 1. The molecule has 98 valence electrons. The zero-order valence-electron chi connectivity index (χ0n) is 9.64. The zero-order chi connectivity index (χ0) is 14.0. The maximum absolute atomic E-state index is 13.2. The van der Waals surface area contributed by atoms with Gasteiger partial charge in [-0.15, -0.1) is 0 Å². The highest BCUT2D eigenvalue weighted by molar-refractivity contribution is 6.30. The summed E-state index contributed by atoms with van der Waals surface area (Å²) in [5, 5.41) is 8.85. The second-order valence-electron chi connectivity index (χ2n) is 3.93. The molecule has 0 aliphatic heterocycles. The third kappa shape index (κ3) is 3.20. The maximum atomic E-state index is 13.2. The fourth-order valence-electron chi connectivity index (χ4n) is 1.68. The molecule has 1 aromatic heterocycles. The largest absolute Gasteiger partial charge is 0.480 e. The number of aromatic nitrogens is 1. The van der Waals surface area contributed by atoms with Crippen molar-refractivity contribution in [2.75, 3.05) is 0 Å². The first-order valence-corrected chi connectivity index (χ1v) is 5.72. The van der Waals surface area contributed by atoms with Crippen LogP contribution in [0.3, 0.4) is 0 Å². The van der Waals surface area contributed by atoms with Crippen LogP contribution in [0.4, 0.5) is 4.39 Å². The van der Waals surface area contributed by atoms with Crippen LogP contribution in [-0.2, 0) is 11.3 Å². The van der Waals surface area contributed by atoms with Crippen LogP contribution in [0.25, 0.3) is 11.1 Å². The van der Waals surface area contributed by atoms with Gasteiger partial charge in [0.15, 0.2) is 0 Å². The smallest absolute Gasteiger partial charge is 0.323 e. The monoisotopic (exact) mass is 281 g/mol. The molecule has 0 saturated carbocycles. The van der Waals surface area contributed by atoms with E-state index in [1.54, 1.807) is 0 Å². The Labute approximate surface area is 112 Å². The topological polar surface area (TPSA) is 59.3 Å². The molecule has 19 heavy (non-hydrogen) atoms. The maximum Gasteiger partial charge on any atom is 0.323 e. The Morgan fingerprint density at radius 3 is 2.58 bits per heavy atom. The van der Waals surface area contributed by atoms with Gasteiger partial charge < -0.3 is 9.67 Å². The van der Waals surface area contributed by atoms with Gasteiger partial charge in [0.1, 0.15) is 12.4 Å². The van der Waals surface area contributed by atoms with E-state index in [0.717, 1.165) is 10.6 Å². The van der Waals surface area contributed by atoms with Gasteiger partial charge >= 0.3 is 5.97 Å². The van der Waals surface area contributed by atoms with E-state index in [1.807, 2.05) is 0 Å². The fraction of sp³-hybridized carbons (Fsp3) is 0.0769. The molecule has 0 saturated heterocycles. The summed E-state index contributed by atoms with van der Waals surface area (Å²) in [6.07, 6.45) is 1.35. The van der Waals surface area contributed by atoms with Gasteiger partial charge in [0, 0.05) is 17.3 Å². The van der Waals surface area contributed by atoms with Gasteiger partial charge in [-0.05, 0) is 35.4 Å². The normalized spacial score (nSPS) is 10.4. The summed E-state index contributed by atoms with van der Waals surface area (Å²) in [6.45, 7) is -0.414. The number of carboxylic acid groups (broad SMARTS) is 1. The fourth-order valence-corrected chi connectivity index (χ4v) is 1.91. The van der Waals surface area contributed by atoms with E-state index < -0.39 is 23.9 Å². The van der Waals surface area contributed by atoms with E-state index in [1.165, 1.54) is 30.5 Å². The minimum Gasteiger partial charge on any atom is -0.480 e. The summed E-state index contributed by atoms with van der Waals surface area (Å²) in [6, 6.07) is 6.73. The van der Waals surface area contributed by atoms with Crippen molar-refractivity contribution in [2.24, 2.45) is 0 Å². The molecule has 1 N–H and O–H groups in total. The number of carboxylic acids is 1. The molecule has 0 spiro atoms. The number of nitrogens with zero attached hydrogens (tertiary/aromatic N) is 1. The van der Waals surface area contributed by atoms with E-state index in [2.05, 4.69) is 0 Å². The third-order valence-corrected chi connectivity index (χ3v) is 2.72. The number of rotatable bonds is 3. The van der Waals surface area contributed by atoms with Crippen molar-refractivity contribution in [3.05, 3.63) is 57.7 Å². The molecule has 0 bridgehead atoms. The number of carbonyl (C=O) groups is 1. The van der Waals surface area contributed by atoms with Crippen LogP contribution in [0.15, 0.2) is 41.3 Å². The van der Waals surface area contributed by atoms with E-state index in [4.69, 9.17) is 16.7 Å². The van der Waals surface area contributed by atoms with Crippen molar-refractivity contribution in [3.63, 3.8) is 0 Å². The Bertz CT molecular complexity index is 676. The summed E-state index contributed by atoms with van der Waals surface area (Å²) in [4.78, 5) is 22.2. The highest BCUT2D eigenvalue weighted by Gasteiger charge is 2.06. The van der Waals surface area contributed by atoms with Gasteiger partial charge in [0.2, 0.25) is 0 Å². The van der Waals surface area contributed by atoms with Gasteiger partial charge in [0.05, 0.1) is 0 Å². The van der Waals surface area contributed by atoms with Crippen molar-refractivity contribution in [3.8, 4) is 11.1 Å². The van der Waals surface area contributed by atoms with Crippen molar-refractivity contribution in [2.45, 2.75) is 6.54 Å². The molecule has 0 unspecified atom stereocenters. The Balaban J connectivity index is 2.44. The van der Waals surface area contributed by atoms with Crippen molar-refractivity contribution in [1.82, 2.24) is 4.57 Å². The molecule has 1 heterocycles. The van der Waals surface area contributed by atoms with E-state index >= 15 is 0 Å². The molecule has 0 radical (unpaired) electrons. The lowest BCUT2D eigenvalue weighted by Crippen LogP contribution is -2.22. The average Bonchev–Trinajstić information content (AvgIpc) is 2.30. The molecule has 1 aromatic carbocycles. The number of hydrogen-bond donors (Lipinski definition) is 1. The van der Waals surface area contributed by atoms with Gasteiger partial charge in [-0.3, -0.25) is 9.59 Å². The van der Waals surface area contributed by atoms with Gasteiger partial charge in [0.25, 0.3) is 5.56 Å². The highest BCUT2D eigenvalue weighted by Crippen LogP contribution is 2.23. The van der Waals surface area contributed by atoms with Crippen LogP contribution in [0.5, 0.6) is 0 Å². The number of pyridine rings is 1. The average molecular weight is 282 g/mol. The second kappa shape index (κ2) is 5.24. The molecule has 0 aliphatic carbocycles. The third-order valence-electron chi connectivity index (χ3n) is 2.50. The van der Waals surface area contributed by atoms with E-state index in [0.29, 0.717) is 11.1 Å². The van der Waals surface area contributed by atoms with E-state index in [9.17, 15) is 14.0 Å². The predicted octanol–water partition coefficient (Wildman–Crippen LogP) is 2.39. The lowest BCUT2D eigenvalue weighted by molar-refractivity contribution is -0.137. The minimum atomic E-state index is -1.11. The Morgan fingerprint density at radius 1 is 1.26 bits per heavy atom. The quantitative estimate of drug-likeness (QED) is 0.940. The molecule has 4 nitrogen and oxygen atoms in total. The molecule has 0 fully saturated rings. The van der Waals surface area contributed by atoms with E-state index in [-0.39, 0.29) is 5.02 Å². The summed E-state index contributed by atoms with van der Waals surface area (Å²) in [5.41, 5.74) is 0.470. The van der Waals surface area contributed by atoms with Crippen LogP contribution < -0.4 is 5.56 Å². The zero-order valence-corrected chi connectivity index (χ0v) is 10.4. The minimum absolute atomic E-state index is 0.227. The van der Waals surface area contributed by atoms with Crippen LogP contribution in [0.2, 0.25) is 5.02 Å². The summed E-state index contributed by atoms with van der Waals surface area (Å²) >= 11 is 5.74. The lowest BCUT2D eigenvalue weighted by Gasteiger charge is -2.05. The van der Waals surface area contributed by atoms with Gasteiger partial charge in [-0.2, -0.15) is 0 Å². The molecule has 2 rings (SSSR count). The second-order valence-corrected chi connectivity index (χ2v) is 4.37. The first-order valence-electron chi connectivity index (χ1n) is 5.34. The summed E-state index contributed by atoms with van der Waals surface area (Å²) in [5.74, 6) is -1.61. The Morgan fingerprint density at radius 2 is 2.00 bits per heavy atom. The first-order chi connectivity index (χ1) is 8.95. The first kappa shape index (κ1) is 13.3. The van der Waals surface area contributed by atoms with Crippen LogP contribution >= 0.6 is 11.6 Å². The van der Waals surface area contributed by atoms with Crippen LogP contribution in [-0.4, -0.2) is 15.6 Å². The Kier molecular flexibility index (Phi) is 3.66. The standard InChI is InChI=1S/C13H9ClFNO3/c14-10-3-9(4-11(15)6-10)8-1-2-16(7-13(18)19)12(17)5-8/h1-6H,7H2,(H,18,19). The number of benzene rings is 1. The molecular weight excluding hydrogens is 273 g/mol. The molecular formula is C13H9ClFNO3. The van der Waals surface area contributed by atoms with Crippen molar-refractivity contribution in [1.29, 1.82) is 0 Å². The molecule has 0 amide bonds. The highest BCUT2D eigenvalue weighted by atomic mass is 35.5. The molecule has 2 aromatic rings. The predicted molar refractivity (Wildman–Crippen MR) is 68.7 cm³/mol. The van der Waals surface area contributed by atoms with Gasteiger partial charge in [-0.25, -0.2) is 4.39 Å². The van der Waals surface area contributed by atoms with Crippen molar-refractivity contribution >= 4 is 17.6 Å². The Hall–Kier alpha value is -2.14. The van der Waals surface area contributed by atoms with Gasteiger partial charge in [-0.1, -0.05) is 11.6 Å². The lowest BCUT2D eigenvalue weighted by atomic mass is 10.1. The van der Waals surface area contributed by atoms with Crippen LogP contribution in [0, 0.1) is 5.82 Å².